The minimum Gasteiger partial charge on any atom is -0.481 e. The zero-order valence-electron chi connectivity index (χ0n) is 18.2. The van der Waals surface area contributed by atoms with Crippen LogP contribution in [0.25, 0.3) is 0 Å². The molecule has 1 N–H and O–H groups in total. The number of hydrogen-bond donors (Lipinski definition) is 1. The Morgan fingerprint density at radius 1 is 0.630 bits per heavy atom. The van der Waals surface area contributed by atoms with Gasteiger partial charge in [-0.3, -0.25) is 4.79 Å². The number of aliphatic carboxylic acids is 1. The lowest BCUT2D eigenvalue weighted by molar-refractivity contribution is -0.142. The topological polar surface area (TPSA) is 37.3 Å². The summed E-state index contributed by atoms with van der Waals surface area (Å²) in [6.45, 7) is 2.27. The molecule has 0 aromatic carbocycles. The first-order chi connectivity index (χ1) is 13.2. The van der Waals surface area contributed by atoms with Crippen LogP contribution in [-0.2, 0) is 4.79 Å². The molecule has 0 spiro atoms. The van der Waals surface area contributed by atoms with E-state index in [9.17, 15) is 9.90 Å². The summed E-state index contributed by atoms with van der Waals surface area (Å²) in [6, 6.07) is 0. The Morgan fingerprint density at radius 3 is 1.30 bits per heavy atom. The molecule has 0 aliphatic heterocycles. The second-order valence-electron chi connectivity index (χ2n) is 8.31. The molecule has 162 valence electrons. The highest BCUT2D eigenvalue weighted by Crippen LogP contribution is 2.19. The highest BCUT2D eigenvalue weighted by Gasteiger charge is 2.16. The van der Waals surface area contributed by atoms with Gasteiger partial charge in [-0.2, -0.15) is 0 Å². The molecule has 3 heteroatoms. The van der Waals surface area contributed by atoms with Gasteiger partial charge in [0.25, 0.3) is 0 Å². The summed E-state index contributed by atoms with van der Waals surface area (Å²) in [5, 5.41) is 9.36. The maximum absolute atomic E-state index is 11.4. The molecule has 1 atom stereocenters. The number of carboxylic acids is 1. The maximum Gasteiger partial charge on any atom is 0.306 e. The number of hydrogen-bond acceptors (Lipinski definition) is 1. The molecule has 0 aromatic heterocycles. The summed E-state index contributed by atoms with van der Waals surface area (Å²) in [4.78, 5) is 11.4. The number of carbonyl (C=O) groups is 1. The third kappa shape index (κ3) is 20.3. The van der Waals surface area contributed by atoms with Crippen LogP contribution in [0.1, 0.15) is 135 Å². The van der Waals surface area contributed by atoms with Crippen LogP contribution >= 0.6 is 11.6 Å². The van der Waals surface area contributed by atoms with E-state index < -0.39 is 5.97 Å². The van der Waals surface area contributed by atoms with Crippen molar-refractivity contribution in [1.29, 1.82) is 0 Å². The van der Waals surface area contributed by atoms with E-state index in [1.165, 1.54) is 83.5 Å². The van der Waals surface area contributed by atoms with Gasteiger partial charge in [-0.25, -0.2) is 0 Å². The Morgan fingerprint density at radius 2 is 0.963 bits per heavy atom. The molecule has 0 aliphatic carbocycles. The van der Waals surface area contributed by atoms with E-state index >= 15 is 0 Å². The van der Waals surface area contributed by atoms with Crippen molar-refractivity contribution in [3.05, 3.63) is 0 Å². The van der Waals surface area contributed by atoms with Crippen LogP contribution < -0.4 is 0 Å². The van der Waals surface area contributed by atoms with Crippen molar-refractivity contribution in [3.63, 3.8) is 0 Å². The van der Waals surface area contributed by atoms with Crippen molar-refractivity contribution < 1.29 is 9.90 Å². The van der Waals surface area contributed by atoms with Crippen LogP contribution in [0.4, 0.5) is 0 Å². The summed E-state index contributed by atoms with van der Waals surface area (Å²) >= 11 is 5.67. The molecule has 0 amide bonds. The van der Waals surface area contributed by atoms with E-state index in [-0.39, 0.29) is 5.92 Å². The van der Waals surface area contributed by atoms with Crippen LogP contribution in [0.2, 0.25) is 0 Å². The first kappa shape index (κ1) is 26.8. The van der Waals surface area contributed by atoms with Gasteiger partial charge in [-0.1, -0.05) is 116 Å². The maximum atomic E-state index is 11.4. The SMILES string of the molecule is CCCCCCCCCCCCCCCCC(CCCCCCCl)C(=O)O. The number of rotatable bonds is 22. The average molecular weight is 403 g/mol. The van der Waals surface area contributed by atoms with E-state index in [0.717, 1.165) is 50.8 Å². The van der Waals surface area contributed by atoms with E-state index in [0.29, 0.717) is 0 Å². The number of halogens is 1. The smallest absolute Gasteiger partial charge is 0.306 e. The first-order valence-electron chi connectivity index (χ1n) is 12.0. The van der Waals surface area contributed by atoms with Crippen LogP contribution in [0.15, 0.2) is 0 Å². The highest BCUT2D eigenvalue weighted by molar-refractivity contribution is 6.17. The number of carboxylic acid groups (broad SMARTS) is 1. The summed E-state index contributed by atoms with van der Waals surface area (Å²) in [7, 11) is 0. The van der Waals surface area contributed by atoms with Crippen molar-refractivity contribution in [3.8, 4) is 0 Å². The standard InChI is InChI=1S/C24H47ClO2/c1-2-3-4-5-6-7-8-9-10-11-12-13-14-17-20-23(24(26)27)21-18-15-16-19-22-25/h23H,2-22H2,1H3,(H,26,27). The molecule has 0 fully saturated rings. The average Bonchev–Trinajstić information content (AvgIpc) is 2.66. The van der Waals surface area contributed by atoms with E-state index in [1.807, 2.05) is 0 Å². The van der Waals surface area contributed by atoms with Gasteiger partial charge in [0, 0.05) is 5.88 Å². The van der Waals surface area contributed by atoms with E-state index in [1.54, 1.807) is 0 Å². The minimum atomic E-state index is -0.595. The Kier molecular flexibility index (Phi) is 21.9. The Bertz CT molecular complexity index is 307. The fourth-order valence-corrected chi connectivity index (χ4v) is 4.00. The summed E-state index contributed by atoms with van der Waals surface area (Å²) in [5.41, 5.74) is 0. The van der Waals surface area contributed by atoms with Crippen molar-refractivity contribution in [2.24, 2.45) is 5.92 Å². The fraction of sp³-hybridized carbons (Fsp3) is 0.958. The predicted molar refractivity (Wildman–Crippen MR) is 120 cm³/mol. The van der Waals surface area contributed by atoms with Gasteiger partial charge in [0.1, 0.15) is 0 Å². The van der Waals surface area contributed by atoms with Gasteiger partial charge in [-0.05, 0) is 19.3 Å². The zero-order valence-corrected chi connectivity index (χ0v) is 18.9. The summed E-state index contributed by atoms with van der Waals surface area (Å²) < 4.78 is 0. The molecule has 0 rings (SSSR count). The number of unbranched alkanes of at least 4 members (excludes halogenated alkanes) is 16. The molecule has 0 aliphatic rings. The molecule has 0 radical (unpaired) electrons. The van der Waals surface area contributed by atoms with Gasteiger partial charge in [0.05, 0.1) is 5.92 Å². The van der Waals surface area contributed by atoms with E-state index in [4.69, 9.17) is 11.6 Å². The summed E-state index contributed by atoms with van der Waals surface area (Å²) in [5.74, 6) is 0.00173. The molecule has 0 saturated heterocycles. The minimum absolute atomic E-state index is 0.127. The molecule has 0 saturated carbocycles. The quantitative estimate of drug-likeness (QED) is 0.145. The predicted octanol–water partition coefficient (Wildman–Crippen LogP) is 8.75. The number of alkyl halides is 1. The second-order valence-corrected chi connectivity index (χ2v) is 8.69. The van der Waals surface area contributed by atoms with Gasteiger partial charge < -0.3 is 5.11 Å². The Balaban J connectivity index is 3.36. The highest BCUT2D eigenvalue weighted by atomic mass is 35.5. The summed E-state index contributed by atoms with van der Waals surface area (Å²) in [6.07, 6.45) is 24.9. The van der Waals surface area contributed by atoms with E-state index in [2.05, 4.69) is 6.92 Å². The Labute approximate surface area is 174 Å². The van der Waals surface area contributed by atoms with Crippen molar-refractivity contribution >= 4 is 17.6 Å². The fourth-order valence-electron chi connectivity index (χ4n) is 3.82. The van der Waals surface area contributed by atoms with Crippen LogP contribution in [0, 0.1) is 5.92 Å². The molecule has 0 aromatic rings. The third-order valence-electron chi connectivity index (χ3n) is 5.69. The molecular formula is C24H47ClO2. The lowest BCUT2D eigenvalue weighted by atomic mass is 9.94. The third-order valence-corrected chi connectivity index (χ3v) is 5.96. The van der Waals surface area contributed by atoms with Gasteiger partial charge >= 0.3 is 5.97 Å². The molecule has 27 heavy (non-hydrogen) atoms. The zero-order chi connectivity index (χ0) is 20.0. The lowest BCUT2D eigenvalue weighted by Gasteiger charge is -2.12. The monoisotopic (exact) mass is 402 g/mol. The molecule has 0 bridgehead atoms. The second kappa shape index (κ2) is 22.1. The normalized spacial score (nSPS) is 12.4. The van der Waals surface area contributed by atoms with Crippen LogP contribution in [-0.4, -0.2) is 17.0 Å². The van der Waals surface area contributed by atoms with Gasteiger partial charge in [0.2, 0.25) is 0 Å². The lowest BCUT2D eigenvalue weighted by Crippen LogP contribution is -2.13. The van der Waals surface area contributed by atoms with Crippen LogP contribution in [0.5, 0.6) is 0 Å². The van der Waals surface area contributed by atoms with Crippen LogP contribution in [0.3, 0.4) is 0 Å². The molecular weight excluding hydrogens is 356 g/mol. The largest absolute Gasteiger partial charge is 0.481 e. The van der Waals surface area contributed by atoms with Gasteiger partial charge in [-0.15, -0.1) is 11.6 Å². The first-order valence-corrected chi connectivity index (χ1v) is 12.5. The van der Waals surface area contributed by atoms with Gasteiger partial charge in [0.15, 0.2) is 0 Å². The molecule has 0 heterocycles. The van der Waals surface area contributed by atoms with Crippen molar-refractivity contribution in [1.82, 2.24) is 0 Å². The van der Waals surface area contributed by atoms with Crippen molar-refractivity contribution in [2.75, 3.05) is 5.88 Å². The molecule has 2 nitrogen and oxygen atoms in total. The molecule has 1 unspecified atom stereocenters. The Hall–Kier alpha value is -0.240. The van der Waals surface area contributed by atoms with Crippen molar-refractivity contribution in [2.45, 2.75) is 135 Å².